The Kier molecular flexibility index (Phi) is 2.96. The van der Waals surface area contributed by atoms with Gasteiger partial charge in [-0.15, -0.1) is 0 Å². The first-order valence-corrected chi connectivity index (χ1v) is 5.78. The molecule has 1 heterocycles. The number of aliphatic carboxylic acids is 1. The number of benzene rings is 1. The summed E-state index contributed by atoms with van der Waals surface area (Å²) in [7, 11) is 0. The summed E-state index contributed by atoms with van der Waals surface area (Å²) in [6, 6.07) is 5.75. The molecule has 84 valence electrons. The highest BCUT2D eigenvalue weighted by molar-refractivity contribution is 9.10. The van der Waals surface area contributed by atoms with E-state index in [1.807, 2.05) is 25.1 Å². The molecule has 5 heteroatoms. The lowest BCUT2D eigenvalue weighted by Gasteiger charge is -1.98. The minimum atomic E-state index is -0.880. The van der Waals surface area contributed by atoms with Crippen LogP contribution in [0.5, 0.6) is 0 Å². The van der Waals surface area contributed by atoms with Gasteiger partial charge in [-0.3, -0.25) is 9.48 Å². The van der Waals surface area contributed by atoms with Crippen LogP contribution in [0.15, 0.2) is 22.7 Å². The molecular weight excluding hydrogens is 272 g/mol. The molecular formula is C11H11BrN2O2. The van der Waals surface area contributed by atoms with Crippen LogP contribution >= 0.6 is 15.9 Å². The van der Waals surface area contributed by atoms with Crippen LogP contribution in [0, 0.1) is 0 Å². The van der Waals surface area contributed by atoms with E-state index >= 15 is 0 Å². The van der Waals surface area contributed by atoms with Gasteiger partial charge >= 0.3 is 5.97 Å². The lowest BCUT2D eigenvalue weighted by Crippen LogP contribution is -2.10. The van der Waals surface area contributed by atoms with Crippen molar-refractivity contribution >= 4 is 32.8 Å². The van der Waals surface area contributed by atoms with E-state index in [9.17, 15) is 4.79 Å². The molecule has 0 aliphatic heterocycles. The molecule has 0 fully saturated rings. The SMILES string of the molecule is CCc1nn(CC(=O)O)c2ccc(Br)cc12. The lowest BCUT2D eigenvalue weighted by atomic mass is 10.2. The molecule has 1 aromatic heterocycles. The molecule has 0 bridgehead atoms. The highest BCUT2D eigenvalue weighted by Gasteiger charge is 2.11. The highest BCUT2D eigenvalue weighted by Crippen LogP contribution is 2.23. The Bertz CT molecular complexity index is 548. The Labute approximate surface area is 101 Å². The number of rotatable bonds is 3. The molecule has 0 aliphatic rings. The molecule has 1 aromatic carbocycles. The fraction of sp³-hybridized carbons (Fsp3) is 0.273. The van der Waals surface area contributed by atoms with E-state index in [0.29, 0.717) is 0 Å². The maximum absolute atomic E-state index is 10.7. The van der Waals surface area contributed by atoms with Crippen molar-refractivity contribution in [2.45, 2.75) is 19.9 Å². The Hall–Kier alpha value is -1.36. The van der Waals surface area contributed by atoms with Crippen molar-refractivity contribution in [2.24, 2.45) is 0 Å². The van der Waals surface area contributed by atoms with Crippen molar-refractivity contribution in [1.29, 1.82) is 0 Å². The van der Waals surface area contributed by atoms with Gasteiger partial charge in [0.05, 0.1) is 11.2 Å². The first-order valence-electron chi connectivity index (χ1n) is 4.98. The molecule has 4 nitrogen and oxygen atoms in total. The van der Waals surface area contributed by atoms with Gasteiger partial charge in [0, 0.05) is 9.86 Å². The number of carboxylic acid groups (broad SMARTS) is 1. The smallest absolute Gasteiger partial charge is 0.325 e. The minimum absolute atomic E-state index is 0.0991. The number of fused-ring (bicyclic) bond motifs is 1. The summed E-state index contributed by atoms with van der Waals surface area (Å²) >= 11 is 3.40. The Morgan fingerprint density at radius 3 is 2.94 bits per heavy atom. The fourth-order valence-electron chi connectivity index (χ4n) is 1.73. The Morgan fingerprint density at radius 1 is 1.56 bits per heavy atom. The molecule has 0 unspecified atom stereocenters. The minimum Gasteiger partial charge on any atom is -0.480 e. The highest BCUT2D eigenvalue weighted by atomic mass is 79.9. The van der Waals surface area contributed by atoms with Crippen molar-refractivity contribution < 1.29 is 9.90 Å². The normalized spacial score (nSPS) is 10.9. The third kappa shape index (κ3) is 1.95. The average molecular weight is 283 g/mol. The van der Waals surface area contributed by atoms with Gasteiger partial charge < -0.3 is 5.11 Å². The Morgan fingerprint density at radius 2 is 2.31 bits per heavy atom. The topological polar surface area (TPSA) is 55.1 Å². The summed E-state index contributed by atoms with van der Waals surface area (Å²) in [6.45, 7) is 1.91. The van der Waals surface area contributed by atoms with Crippen molar-refractivity contribution in [3.63, 3.8) is 0 Å². The zero-order chi connectivity index (χ0) is 11.7. The van der Waals surface area contributed by atoms with Crippen LogP contribution in [0.2, 0.25) is 0 Å². The summed E-state index contributed by atoms with van der Waals surface area (Å²) in [5.41, 5.74) is 1.79. The zero-order valence-electron chi connectivity index (χ0n) is 8.77. The van der Waals surface area contributed by atoms with Crippen molar-refractivity contribution in [3.8, 4) is 0 Å². The van der Waals surface area contributed by atoms with Gasteiger partial charge in [-0.2, -0.15) is 5.10 Å². The predicted octanol–water partition coefficient (Wildman–Crippen LogP) is 2.45. The number of nitrogens with zero attached hydrogens (tertiary/aromatic N) is 2. The van der Waals surface area contributed by atoms with E-state index in [0.717, 1.165) is 27.5 Å². The largest absolute Gasteiger partial charge is 0.480 e. The second-order valence-corrected chi connectivity index (χ2v) is 4.43. The van der Waals surface area contributed by atoms with Crippen LogP contribution in [0.3, 0.4) is 0 Å². The number of carboxylic acids is 1. The first-order chi connectivity index (χ1) is 7.61. The molecule has 0 saturated heterocycles. The third-order valence-corrected chi connectivity index (χ3v) is 2.90. The van der Waals surface area contributed by atoms with Gasteiger partial charge in [0.2, 0.25) is 0 Å². The second kappa shape index (κ2) is 4.25. The molecule has 0 amide bonds. The van der Waals surface area contributed by atoms with Crippen LogP contribution in [0.25, 0.3) is 10.9 Å². The van der Waals surface area contributed by atoms with Gasteiger partial charge in [-0.25, -0.2) is 0 Å². The average Bonchev–Trinajstić information content (AvgIpc) is 2.55. The van der Waals surface area contributed by atoms with E-state index in [4.69, 9.17) is 5.11 Å². The maximum Gasteiger partial charge on any atom is 0.325 e. The Balaban J connectivity index is 2.63. The van der Waals surface area contributed by atoms with Gasteiger partial charge in [-0.05, 0) is 24.6 Å². The zero-order valence-corrected chi connectivity index (χ0v) is 10.4. The fourth-order valence-corrected chi connectivity index (χ4v) is 2.09. The summed E-state index contributed by atoms with van der Waals surface area (Å²) in [5.74, 6) is -0.880. The summed E-state index contributed by atoms with van der Waals surface area (Å²) in [6.07, 6.45) is 0.791. The van der Waals surface area contributed by atoms with Crippen LogP contribution in [0.4, 0.5) is 0 Å². The van der Waals surface area contributed by atoms with Crippen LogP contribution in [-0.2, 0) is 17.8 Å². The van der Waals surface area contributed by atoms with Gasteiger partial charge in [0.25, 0.3) is 0 Å². The molecule has 0 radical (unpaired) electrons. The predicted molar refractivity (Wildman–Crippen MR) is 64.4 cm³/mol. The van der Waals surface area contributed by atoms with E-state index in [1.165, 1.54) is 4.68 Å². The number of hydrogen-bond acceptors (Lipinski definition) is 2. The van der Waals surface area contributed by atoms with E-state index < -0.39 is 5.97 Å². The molecule has 0 spiro atoms. The number of hydrogen-bond donors (Lipinski definition) is 1. The van der Waals surface area contributed by atoms with Crippen molar-refractivity contribution in [2.75, 3.05) is 0 Å². The standard InChI is InChI=1S/C11H11BrN2O2/c1-2-9-8-5-7(12)3-4-10(8)14(13-9)6-11(15)16/h3-5H,2,6H2,1H3,(H,15,16). The summed E-state index contributed by atoms with van der Waals surface area (Å²) in [5, 5.41) is 14.1. The van der Waals surface area contributed by atoms with Crippen molar-refractivity contribution in [3.05, 3.63) is 28.4 Å². The summed E-state index contributed by atoms with van der Waals surface area (Å²) in [4.78, 5) is 10.7. The van der Waals surface area contributed by atoms with Gasteiger partial charge in [0.15, 0.2) is 0 Å². The molecule has 0 atom stereocenters. The van der Waals surface area contributed by atoms with E-state index in [1.54, 1.807) is 0 Å². The van der Waals surface area contributed by atoms with Crippen molar-refractivity contribution in [1.82, 2.24) is 9.78 Å². The molecule has 2 rings (SSSR count). The van der Waals surface area contributed by atoms with E-state index in [2.05, 4.69) is 21.0 Å². The van der Waals surface area contributed by atoms with Crippen LogP contribution in [0.1, 0.15) is 12.6 Å². The quantitative estimate of drug-likeness (QED) is 0.941. The van der Waals surface area contributed by atoms with Crippen LogP contribution < -0.4 is 0 Å². The number of aromatic nitrogens is 2. The molecule has 1 N–H and O–H groups in total. The lowest BCUT2D eigenvalue weighted by molar-refractivity contribution is -0.137. The maximum atomic E-state index is 10.7. The van der Waals surface area contributed by atoms with Crippen LogP contribution in [-0.4, -0.2) is 20.9 Å². The third-order valence-electron chi connectivity index (χ3n) is 2.41. The van der Waals surface area contributed by atoms with E-state index in [-0.39, 0.29) is 6.54 Å². The molecule has 16 heavy (non-hydrogen) atoms. The molecule has 0 aliphatic carbocycles. The second-order valence-electron chi connectivity index (χ2n) is 3.51. The molecule has 2 aromatic rings. The molecule has 0 saturated carbocycles. The van der Waals surface area contributed by atoms with Gasteiger partial charge in [-0.1, -0.05) is 22.9 Å². The number of carbonyl (C=O) groups is 1. The monoisotopic (exact) mass is 282 g/mol. The number of halogens is 1. The first kappa shape index (κ1) is 11.1. The summed E-state index contributed by atoms with van der Waals surface area (Å²) < 4.78 is 2.51. The van der Waals surface area contributed by atoms with Gasteiger partial charge in [0.1, 0.15) is 6.54 Å². The number of aryl methyl sites for hydroxylation is 1.